The second-order valence-electron chi connectivity index (χ2n) is 4.12. The molecule has 0 radical (unpaired) electrons. The number of carbonyl (C=O) groups excluding carboxylic acids is 2. The van der Waals surface area contributed by atoms with Crippen molar-refractivity contribution in [2.24, 2.45) is 0 Å². The minimum absolute atomic E-state index is 0.00927. The Hall–Kier alpha value is -1.66. The number of carbonyl (C=O) groups is 2. The van der Waals surface area contributed by atoms with E-state index in [1.165, 1.54) is 19.9 Å². The van der Waals surface area contributed by atoms with Crippen molar-refractivity contribution in [3.63, 3.8) is 0 Å². The van der Waals surface area contributed by atoms with E-state index in [9.17, 15) is 18.0 Å². The summed E-state index contributed by atoms with van der Waals surface area (Å²) in [6, 6.07) is 4.54. The Bertz CT molecular complexity index is 746. The zero-order chi connectivity index (χ0) is 15.1. The number of Topliss-reactive ketones (excluding diaryl/α,β-unsaturated/α-hetero) is 1. The lowest BCUT2D eigenvalue weighted by atomic mass is 10.1. The molecular weight excluding hydrogens is 304 g/mol. The molecular formula is C13H11ClO5S. The molecule has 0 aliphatic carbocycles. The van der Waals surface area contributed by atoms with Crippen molar-refractivity contribution in [2.45, 2.75) is 18.7 Å². The first-order valence-corrected chi connectivity index (χ1v) is 7.64. The number of fused-ring (bicyclic) bond motifs is 1. The van der Waals surface area contributed by atoms with Crippen LogP contribution < -0.4 is 0 Å². The van der Waals surface area contributed by atoms with Crippen molar-refractivity contribution in [3.8, 4) is 0 Å². The Kier molecular flexibility index (Phi) is 3.71. The van der Waals surface area contributed by atoms with Crippen molar-refractivity contribution in [1.82, 2.24) is 0 Å². The van der Waals surface area contributed by atoms with Crippen LogP contribution in [-0.2, 0) is 24.2 Å². The Morgan fingerprint density at radius 3 is 2.50 bits per heavy atom. The van der Waals surface area contributed by atoms with Crippen molar-refractivity contribution in [2.75, 3.05) is 6.61 Å². The van der Waals surface area contributed by atoms with Gasteiger partial charge in [0.05, 0.1) is 16.5 Å². The predicted molar refractivity (Wildman–Crippen MR) is 72.9 cm³/mol. The summed E-state index contributed by atoms with van der Waals surface area (Å²) in [6.07, 6.45) is 0. The zero-order valence-electron chi connectivity index (χ0n) is 10.8. The molecule has 0 unspecified atom stereocenters. The molecule has 1 aromatic rings. The minimum Gasteiger partial charge on any atom is -0.460 e. The summed E-state index contributed by atoms with van der Waals surface area (Å²) in [5.41, 5.74) is 0.547. The van der Waals surface area contributed by atoms with Gasteiger partial charge in [0, 0.05) is 0 Å². The van der Waals surface area contributed by atoms with Crippen LogP contribution in [0.15, 0.2) is 28.0 Å². The Balaban J connectivity index is 2.64. The van der Waals surface area contributed by atoms with Crippen molar-refractivity contribution in [1.29, 1.82) is 0 Å². The van der Waals surface area contributed by atoms with Crippen LogP contribution in [-0.4, -0.2) is 26.8 Å². The fourth-order valence-corrected chi connectivity index (χ4v) is 4.44. The van der Waals surface area contributed by atoms with Crippen LogP contribution in [0, 0.1) is 0 Å². The molecule has 106 valence electrons. The van der Waals surface area contributed by atoms with Gasteiger partial charge < -0.3 is 4.74 Å². The average Bonchev–Trinajstić information content (AvgIpc) is 2.57. The largest absolute Gasteiger partial charge is 0.460 e. The quantitative estimate of drug-likeness (QED) is 0.630. The van der Waals surface area contributed by atoms with E-state index < -0.39 is 26.5 Å². The molecule has 0 saturated heterocycles. The second kappa shape index (κ2) is 5.03. The molecule has 2 rings (SSSR count). The maximum atomic E-state index is 12.4. The first kappa shape index (κ1) is 14.7. The fourth-order valence-electron chi connectivity index (χ4n) is 2.08. The molecule has 1 aliphatic rings. The van der Waals surface area contributed by atoms with Crippen LogP contribution >= 0.6 is 11.6 Å². The third-order valence-corrected chi connectivity index (χ3v) is 5.35. The zero-order valence-corrected chi connectivity index (χ0v) is 12.3. The van der Waals surface area contributed by atoms with E-state index in [1.807, 2.05) is 0 Å². The standard InChI is InChI=1S/C13H11ClO5S/c1-3-19-13(16)10(15)11-7(2)8-5-4-6-9(14)12(8)20(11,17)18/h4-6H,3H2,1-2H3. The number of hydrogen-bond donors (Lipinski definition) is 0. The van der Waals surface area contributed by atoms with Crippen LogP contribution in [0.4, 0.5) is 0 Å². The average molecular weight is 315 g/mol. The van der Waals surface area contributed by atoms with Crippen LogP contribution in [0.1, 0.15) is 19.4 Å². The van der Waals surface area contributed by atoms with E-state index in [0.717, 1.165) is 0 Å². The topological polar surface area (TPSA) is 77.5 Å². The van der Waals surface area contributed by atoms with Gasteiger partial charge in [-0.1, -0.05) is 23.7 Å². The molecule has 7 heteroatoms. The number of hydrogen-bond acceptors (Lipinski definition) is 5. The van der Waals surface area contributed by atoms with Gasteiger partial charge in [0.25, 0.3) is 5.78 Å². The Labute approximate surface area is 121 Å². The monoisotopic (exact) mass is 314 g/mol. The van der Waals surface area contributed by atoms with Gasteiger partial charge in [-0.05, 0) is 31.1 Å². The van der Waals surface area contributed by atoms with Crippen LogP contribution in [0.3, 0.4) is 0 Å². The lowest BCUT2D eigenvalue weighted by Crippen LogP contribution is -2.23. The molecule has 0 amide bonds. The van der Waals surface area contributed by atoms with Gasteiger partial charge in [-0.2, -0.15) is 0 Å². The Morgan fingerprint density at radius 1 is 1.30 bits per heavy atom. The molecule has 0 aromatic heterocycles. The third-order valence-electron chi connectivity index (χ3n) is 2.92. The SMILES string of the molecule is CCOC(=O)C(=O)C1=C(C)c2cccc(Cl)c2S1(=O)=O. The second-order valence-corrected chi connectivity index (χ2v) is 6.35. The molecule has 1 aliphatic heterocycles. The predicted octanol–water partition coefficient (Wildman–Crippen LogP) is 1.99. The molecule has 0 fully saturated rings. The van der Waals surface area contributed by atoms with E-state index >= 15 is 0 Å². The molecule has 1 aromatic carbocycles. The number of allylic oxidation sites excluding steroid dienone is 1. The van der Waals surface area contributed by atoms with Gasteiger partial charge in [0.2, 0.25) is 9.84 Å². The fraction of sp³-hybridized carbons (Fsp3) is 0.231. The number of benzene rings is 1. The number of esters is 1. The van der Waals surface area contributed by atoms with Crippen LogP contribution in [0.2, 0.25) is 5.02 Å². The first-order chi connectivity index (χ1) is 9.32. The molecule has 20 heavy (non-hydrogen) atoms. The summed E-state index contributed by atoms with van der Waals surface area (Å²) < 4.78 is 29.4. The highest BCUT2D eigenvalue weighted by Gasteiger charge is 2.42. The highest BCUT2D eigenvalue weighted by Crippen LogP contribution is 2.42. The normalized spacial score (nSPS) is 15.9. The summed E-state index contributed by atoms with van der Waals surface area (Å²) in [5, 5.41) is 0.0218. The number of rotatable bonds is 3. The van der Waals surface area contributed by atoms with Gasteiger partial charge >= 0.3 is 5.97 Å². The number of sulfone groups is 1. The van der Waals surface area contributed by atoms with Crippen molar-refractivity contribution in [3.05, 3.63) is 33.7 Å². The van der Waals surface area contributed by atoms with Gasteiger partial charge in [-0.25, -0.2) is 13.2 Å². The maximum absolute atomic E-state index is 12.4. The van der Waals surface area contributed by atoms with E-state index in [-0.39, 0.29) is 22.1 Å². The highest BCUT2D eigenvalue weighted by molar-refractivity contribution is 7.97. The van der Waals surface area contributed by atoms with E-state index in [1.54, 1.807) is 12.1 Å². The molecule has 0 atom stereocenters. The minimum atomic E-state index is -4.09. The number of ketones is 1. The van der Waals surface area contributed by atoms with Gasteiger partial charge in [0.1, 0.15) is 4.91 Å². The summed E-state index contributed by atoms with van der Waals surface area (Å²) in [4.78, 5) is 22.8. The molecule has 0 spiro atoms. The van der Waals surface area contributed by atoms with Crippen LogP contribution in [0.25, 0.3) is 5.57 Å². The summed E-state index contributed by atoms with van der Waals surface area (Å²) in [5.74, 6) is -2.36. The number of ether oxygens (including phenoxy) is 1. The first-order valence-electron chi connectivity index (χ1n) is 5.78. The number of halogens is 1. The molecule has 5 nitrogen and oxygen atoms in total. The summed E-state index contributed by atoms with van der Waals surface area (Å²) in [7, 11) is -4.09. The maximum Gasteiger partial charge on any atom is 0.380 e. The van der Waals surface area contributed by atoms with Gasteiger partial charge in [-0.3, -0.25) is 4.79 Å². The van der Waals surface area contributed by atoms with E-state index in [2.05, 4.69) is 4.74 Å². The molecule has 0 bridgehead atoms. The Morgan fingerprint density at radius 2 is 1.95 bits per heavy atom. The van der Waals surface area contributed by atoms with Gasteiger partial charge in [0.15, 0.2) is 0 Å². The van der Waals surface area contributed by atoms with E-state index in [0.29, 0.717) is 5.56 Å². The van der Waals surface area contributed by atoms with Crippen LogP contribution in [0.5, 0.6) is 0 Å². The summed E-state index contributed by atoms with van der Waals surface area (Å²) >= 11 is 5.90. The molecule has 1 heterocycles. The lowest BCUT2D eigenvalue weighted by molar-refractivity contribution is -0.151. The van der Waals surface area contributed by atoms with Gasteiger partial charge in [-0.15, -0.1) is 0 Å². The molecule has 0 N–H and O–H groups in total. The molecule has 0 saturated carbocycles. The van der Waals surface area contributed by atoms with Crippen molar-refractivity contribution >= 4 is 38.8 Å². The van der Waals surface area contributed by atoms with Crippen molar-refractivity contribution < 1.29 is 22.7 Å². The smallest absolute Gasteiger partial charge is 0.380 e. The highest BCUT2D eigenvalue weighted by atomic mass is 35.5. The third kappa shape index (κ3) is 2.05. The lowest BCUT2D eigenvalue weighted by Gasteiger charge is -2.04. The van der Waals surface area contributed by atoms with E-state index in [4.69, 9.17) is 11.6 Å². The summed E-state index contributed by atoms with van der Waals surface area (Å²) in [6.45, 7) is 2.98.